The number of hydroxylamine groups is 2. The lowest BCUT2D eigenvalue weighted by Gasteiger charge is -2.12. The molecule has 0 heterocycles. The second-order valence-corrected chi connectivity index (χ2v) is 1.55. The molecule has 0 saturated heterocycles. The normalized spacial score (nSPS) is 9.00. The van der Waals surface area contributed by atoms with Crippen molar-refractivity contribution in [3.63, 3.8) is 0 Å². The molecule has 0 aliphatic rings. The van der Waals surface area contributed by atoms with Crippen LogP contribution >= 0.6 is 0 Å². The third kappa shape index (κ3) is 3.00. The molecule has 0 aromatic rings. The Morgan fingerprint density at radius 1 is 1.70 bits per heavy atom. The van der Waals surface area contributed by atoms with E-state index in [2.05, 4.69) is 10.8 Å². The number of nitrogens with zero attached hydrogens (tertiary/aromatic N) is 1. The first-order chi connectivity index (χ1) is 4.57. The third-order valence-corrected chi connectivity index (χ3v) is 0.757. The van der Waals surface area contributed by atoms with Gasteiger partial charge in [-0.25, -0.2) is 0 Å². The van der Waals surface area contributed by atoms with E-state index in [-0.39, 0.29) is 0 Å². The molecule has 0 saturated carbocycles. The lowest BCUT2D eigenvalue weighted by molar-refractivity contribution is -0.192. The highest BCUT2D eigenvalue weighted by Crippen LogP contribution is 1.85. The molecule has 1 amide bonds. The van der Waals surface area contributed by atoms with Crippen LogP contribution in [0.1, 0.15) is 6.92 Å². The molecule has 6 nitrogen and oxygen atoms in total. The van der Waals surface area contributed by atoms with Crippen molar-refractivity contribution in [1.29, 1.82) is 0 Å². The highest BCUT2D eigenvalue weighted by Gasteiger charge is 2.11. The van der Waals surface area contributed by atoms with Gasteiger partial charge in [0.2, 0.25) is 5.91 Å². The minimum Gasteiger partial charge on any atom is -0.480 e. The zero-order valence-corrected chi connectivity index (χ0v) is 5.40. The predicted molar refractivity (Wildman–Crippen MR) is 30.3 cm³/mol. The van der Waals surface area contributed by atoms with Crippen molar-refractivity contribution in [3.05, 3.63) is 0 Å². The number of carbonyl (C=O) groups excluding carboxylic acids is 1. The van der Waals surface area contributed by atoms with E-state index in [1.165, 1.54) is 0 Å². The van der Waals surface area contributed by atoms with Crippen LogP contribution in [0.15, 0.2) is 0 Å². The van der Waals surface area contributed by atoms with Gasteiger partial charge in [0.1, 0.15) is 6.54 Å². The lowest BCUT2D eigenvalue weighted by Crippen LogP contribution is -2.36. The Kier molecular flexibility index (Phi) is 3.37. The molecule has 0 radical (unpaired) electrons. The highest BCUT2D eigenvalue weighted by molar-refractivity contribution is 5.78. The molecule has 0 spiro atoms. The van der Waals surface area contributed by atoms with Crippen LogP contribution in [0.2, 0.25) is 0 Å². The number of aliphatic carboxylic acids is 1. The number of hydrogen-bond donors (Lipinski definition) is 2. The molecule has 0 fully saturated rings. The predicted octanol–water partition coefficient (Wildman–Crippen LogP) is -1.28. The standard InChI is InChI=1S/C4H8N2O4/c1-3(7)6(10-5)2-4(8)9/h2,5H2,1H3,(H,8,9). The number of carboxylic acids is 1. The molecule has 0 bridgehead atoms. The molecular weight excluding hydrogens is 140 g/mol. The summed E-state index contributed by atoms with van der Waals surface area (Å²) in [6.07, 6.45) is 0. The Morgan fingerprint density at radius 2 is 2.20 bits per heavy atom. The Morgan fingerprint density at radius 3 is 2.30 bits per heavy atom. The van der Waals surface area contributed by atoms with Crippen molar-refractivity contribution in [3.8, 4) is 0 Å². The summed E-state index contributed by atoms with van der Waals surface area (Å²) in [7, 11) is 0. The van der Waals surface area contributed by atoms with E-state index in [9.17, 15) is 9.59 Å². The van der Waals surface area contributed by atoms with Gasteiger partial charge in [0.15, 0.2) is 0 Å². The molecule has 0 rings (SSSR count). The van der Waals surface area contributed by atoms with Gasteiger partial charge in [-0.15, -0.1) is 0 Å². The topological polar surface area (TPSA) is 92.9 Å². The van der Waals surface area contributed by atoms with Crippen LogP contribution in [0.4, 0.5) is 0 Å². The van der Waals surface area contributed by atoms with Crippen molar-refractivity contribution in [2.24, 2.45) is 5.90 Å². The molecule has 0 atom stereocenters. The largest absolute Gasteiger partial charge is 0.480 e. The van der Waals surface area contributed by atoms with Crippen LogP contribution in [-0.4, -0.2) is 28.6 Å². The smallest absolute Gasteiger partial charge is 0.325 e. The molecule has 0 unspecified atom stereocenters. The summed E-state index contributed by atoms with van der Waals surface area (Å²) in [4.78, 5) is 24.2. The monoisotopic (exact) mass is 148 g/mol. The van der Waals surface area contributed by atoms with Gasteiger partial charge in [-0.05, 0) is 0 Å². The van der Waals surface area contributed by atoms with Crippen LogP contribution in [0.3, 0.4) is 0 Å². The van der Waals surface area contributed by atoms with E-state index >= 15 is 0 Å². The molecule has 0 aliphatic carbocycles. The fraction of sp³-hybridized carbons (Fsp3) is 0.500. The molecule has 6 heteroatoms. The number of amides is 1. The van der Waals surface area contributed by atoms with Crippen LogP contribution in [0.5, 0.6) is 0 Å². The summed E-state index contributed by atoms with van der Waals surface area (Å²) in [5.41, 5.74) is 0. The Hall–Kier alpha value is -1.14. The van der Waals surface area contributed by atoms with E-state index in [1.807, 2.05) is 0 Å². The quantitative estimate of drug-likeness (QED) is 0.486. The van der Waals surface area contributed by atoms with E-state index in [1.54, 1.807) is 0 Å². The summed E-state index contributed by atoms with van der Waals surface area (Å²) >= 11 is 0. The SMILES string of the molecule is CC(=O)N(CC(=O)O)ON. The zero-order chi connectivity index (χ0) is 8.15. The van der Waals surface area contributed by atoms with Gasteiger partial charge in [-0.3, -0.25) is 9.59 Å². The average molecular weight is 148 g/mol. The second-order valence-electron chi connectivity index (χ2n) is 1.55. The number of hydrogen-bond acceptors (Lipinski definition) is 4. The molecule has 10 heavy (non-hydrogen) atoms. The van der Waals surface area contributed by atoms with Crippen LogP contribution in [0.25, 0.3) is 0 Å². The fourth-order valence-corrected chi connectivity index (χ4v) is 0.346. The zero-order valence-electron chi connectivity index (χ0n) is 5.40. The maximum absolute atomic E-state index is 10.4. The van der Waals surface area contributed by atoms with E-state index < -0.39 is 18.4 Å². The molecule has 0 aromatic heterocycles. The van der Waals surface area contributed by atoms with Crippen molar-refractivity contribution >= 4 is 11.9 Å². The maximum atomic E-state index is 10.4. The Bertz CT molecular complexity index is 146. The minimum absolute atomic E-state index is 0.530. The molecule has 0 aliphatic heterocycles. The van der Waals surface area contributed by atoms with Crippen LogP contribution in [-0.2, 0) is 14.5 Å². The number of rotatable bonds is 3. The van der Waals surface area contributed by atoms with Gasteiger partial charge in [0.25, 0.3) is 0 Å². The average Bonchev–Trinajstić information content (AvgIpc) is 1.81. The first-order valence-electron chi connectivity index (χ1n) is 2.44. The summed E-state index contributed by atoms with van der Waals surface area (Å²) in [6, 6.07) is 0. The minimum atomic E-state index is -1.18. The lowest BCUT2D eigenvalue weighted by atomic mass is 10.6. The first kappa shape index (κ1) is 8.86. The molecule has 0 aromatic carbocycles. The number of carbonyl (C=O) groups is 2. The van der Waals surface area contributed by atoms with Gasteiger partial charge in [0, 0.05) is 6.92 Å². The third-order valence-electron chi connectivity index (χ3n) is 0.757. The molecular formula is C4H8N2O4. The summed E-state index contributed by atoms with van der Waals surface area (Å²) in [5, 5.41) is 8.66. The fourth-order valence-electron chi connectivity index (χ4n) is 0.346. The van der Waals surface area contributed by atoms with Crippen molar-refractivity contribution < 1.29 is 19.6 Å². The highest BCUT2D eigenvalue weighted by atomic mass is 16.8. The van der Waals surface area contributed by atoms with Gasteiger partial charge in [-0.2, -0.15) is 15.9 Å². The molecule has 58 valence electrons. The van der Waals surface area contributed by atoms with E-state index in [0.29, 0.717) is 5.06 Å². The summed E-state index contributed by atoms with van der Waals surface area (Å²) < 4.78 is 0. The van der Waals surface area contributed by atoms with E-state index in [0.717, 1.165) is 6.92 Å². The summed E-state index contributed by atoms with van der Waals surface area (Å²) in [5.74, 6) is 2.83. The van der Waals surface area contributed by atoms with Crippen molar-refractivity contribution in [1.82, 2.24) is 5.06 Å². The van der Waals surface area contributed by atoms with E-state index in [4.69, 9.17) is 5.11 Å². The first-order valence-corrected chi connectivity index (χ1v) is 2.44. The molecule has 3 N–H and O–H groups in total. The Labute approximate surface area is 57.1 Å². The number of nitrogens with two attached hydrogens (primary N) is 1. The van der Waals surface area contributed by atoms with Gasteiger partial charge >= 0.3 is 5.97 Å². The van der Waals surface area contributed by atoms with Crippen molar-refractivity contribution in [2.45, 2.75) is 6.92 Å². The van der Waals surface area contributed by atoms with Crippen molar-refractivity contribution in [2.75, 3.05) is 6.54 Å². The number of carboxylic acid groups (broad SMARTS) is 1. The van der Waals surface area contributed by atoms with Gasteiger partial charge in [-0.1, -0.05) is 0 Å². The maximum Gasteiger partial charge on any atom is 0.325 e. The van der Waals surface area contributed by atoms with Gasteiger partial charge in [0.05, 0.1) is 0 Å². The summed E-state index contributed by atoms with van der Waals surface area (Å²) in [6.45, 7) is 0.599. The second kappa shape index (κ2) is 3.80. The van der Waals surface area contributed by atoms with Crippen LogP contribution in [0, 0.1) is 0 Å². The van der Waals surface area contributed by atoms with Gasteiger partial charge < -0.3 is 5.11 Å². The Balaban J connectivity index is 3.83. The van der Waals surface area contributed by atoms with Crippen LogP contribution < -0.4 is 5.90 Å².